The van der Waals surface area contributed by atoms with Crippen molar-refractivity contribution in [2.24, 2.45) is 0 Å². The van der Waals surface area contributed by atoms with Crippen LogP contribution in [0.4, 0.5) is 0 Å². The quantitative estimate of drug-likeness (QED) is 0.605. The van der Waals surface area contributed by atoms with E-state index in [9.17, 15) is 0 Å². The van der Waals surface area contributed by atoms with E-state index in [1.807, 2.05) is 6.07 Å². The smallest absolute Gasteiger partial charge is 0.133 e. The second kappa shape index (κ2) is 9.33. The lowest BCUT2D eigenvalue weighted by Crippen LogP contribution is -2.23. The highest BCUT2D eigenvalue weighted by molar-refractivity contribution is 9.10. The van der Waals surface area contributed by atoms with Crippen molar-refractivity contribution in [1.82, 2.24) is 10.6 Å². The summed E-state index contributed by atoms with van der Waals surface area (Å²) in [7, 11) is 1.66. The van der Waals surface area contributed by atoms with E-state index in [-0.39, 0.29) is 6.61 Å². The van der Waals surface area contributed by atoms with Crippen molar-refractivity contribution in [2.75, 3.05) is 33.4 Å². The van der Waals surface area contributed by atoms with Gasteiger partial charge in [-0.3, -0.25) is 0 Å². The zero-order valence-corrected chi connectivity index (χ0v) is 12.3. The number of aliphatic hydroxyl groups excluding tert-OH is 1. The zero-order valence-electron chi connectivity index (χ0n) is 10.7. The maximum Gasteiger partial charge on any atom is 0.133 e. The van der Waals surface area contributed by atoms with E-state index in [1.165, 1.54) is 5.56 Å². The van der Waals surface area contributed by atoms with Crippen molar-refractivity contribution in [3.63, 3.8) is 0 Å². The zero-order chi connectivity index (χ0) is 13.2. The van der Waals surface area contributed by atoms with Crippen LogP contribution in [0.2, 0.25) is 0 Å². The standard InChI is InChI=1S/C13H21BrN2O2/c1-18-13-4-3-11(9-12(13)14)10-16-6-2-5-15-7-8-17/h3-4,9,15-17H,2,5-8,10H2,1H3. The molecule has 0 aromatic heterocycles. The topological polar surface area (TPSA) is 53.5 Å². The van der Waals surface area contributed by atoms with Crippen LogP contribution in [0.15, 0.2) is 22.7 Å². The average molecular weight is 317 g/mol. The van der Waals surface area contributed by atoms with Gasteiger partial charge >= 0.3 is 0 Å². The highest BCUT2D eigenvalue weighted by Gasteiger charge is 2.00. The van der Waals surface area contributed by atoms with Crippen LogP contribution >= 0.6 is 15.9 Å². The third-order valence-corrected chi connectivity index (χ3v) is 3.16. The minimum Gasteiger partial charge on any atom is -0.496 e. The third kappa shape index (κ3) is 5.82. The number of nitrogens with one attached hydrogen (secondary N) is 2. The van der Waals surface area contributed by atoms with Crippen molar-refractivity contribution in [2.45, 2.75) is 13.0 Å². The lowest BCUT2D eigenvalue weighted by molar-refractivity contribution is 0.292. The molecule has 0 amide bonds. The first-order valence-corrected chi connectivity index (χ1v) is 6.92. The van der Waals surface area contributed by atoms with Crippen molar-refractivity contribution in [3.8, 4) is 5.75 Å². The van der Waals surface area contributed by atoms with Gasteiger partial charge < -0.3 is 20.5 Å². The molecule has 0 aliphatic heterocycles. The maximum atomic E-state index is 8.59. The Morgan fingerprint density at radius 3 is 2.67 bits per heavy atom. The molecule has 0 bridgehead atoms. The molecular formula is C13H21BrN2O2. The summed E-state index contributed by atoms with van der Waals surface area (Å²) in [5.41, 5.74) is 1.23. The molecule has 4 nitrogen and oxygen atoms in total. The van der Waals surface area contributed by atoms with E-state index >= 15 is 0 Å². The molecule has 0 spiro atoms. The molecule has 0 radical (unpaired) electrons. The van der Waals surface area contributed by atoms with E-state index in [1.54, 1.807) is 7.11 Å². The minimum atomic E-state index is 0.202. The van der Waals surface area contributed by atoms with E-state index in [2.05, 4.69) is 38.7 Å². The van der Waals surface area contributed by atoms with E-state index in [0.717, 1.165) is 36.3 Å². The van der Waals surface area contributed by atoms with Gasteiger partial charge in [0.15, 0.2) is 0 Å². The van der Waals surface area contributed by atoms with Crippen LogP contribution in [-0.2, 0) is 6.54 Å². The van der Waals surface area contributed by atoms with Gasteiger partial charge in [-0.1, -0.05) is 6.07 Å². The summed E-state index contributed by atoms with van der Waals surface area (Å²) < 4.78 is 6.17. The van der Waals surface area contributed by atoms with Gasteiger partial charge in [0.05, 0.1) is 18.2 Å². The molecule has 0 aliphatic rings. The number of halogens is 1. The summed E-state index contributed by atoms with van der Waals surface area (Å²) in [6.07, 6.45) is 1.05. The highest BCUT2D eigenvalue weighted by Crippen LogP contribution is 2.25. The van der Waals surface area contributed by atoms with Crippen LogP contribution in [0.1, 0.15) is 12.0 Å². The van der Waals surface area contributed by atoms with Gasteiger partial charge in [-0.2, -0.15) is 0 Å². The second-order valence-corrected chi connectivity index (χ2v) is 4.83. The Morgan fingerprint density at radius 2 is 2.00 bits per heavy atom. The minimum absolute atomic E-state index is 0.202. The third-order valence-electron chi connectivity index (χ3n) is 2.54. The Balaban J connectivity index is 2.17. The lowest BCUT2D eigenvalue weighted by atomic mass is 10.2. The molecule has 18 heavy (non-hydrogen) atoms. The fraction of sp³-hybridized carbons (Fsp3) is 0.538. The maximum absolute atomic E-state index is 8.59. The number of rotatable bonds is 9. The van der Waals surface area contributed by atoms with Crippen molar-refractivity contribution in [3.05, 3.63) is 28.2 Å². The first-order valence-electron chi connectivity index (χ1n) is 6.12. The Hall–Kier alpha value is -0.620. The van der Waals surface area contributed by atoms with Gasteiger partial charge in [-0.15, -0.1) is 0 Å². The molecule has 3 N–H and O–H groups in total. The molecule has 0 fully saturated rings. The summed E-state index contributed by atoms with van der Waals surface area (Å²) in [4.78, 5) is 0. The molecule has 5 heteroatoms. The largest absolute Gasteiger partial charge is 0.496 e. The Bertz CT molecular complexity index is 348. The van der Waals surface area contributed by atoms with Gasteiger partial charge in [0, 0.05) is 13.1 Å². The molecule has 1 aromatic rings. The van der Waals surface area contributed by atoms with Crippen molar-refractivity contribution < 1.29 is 9.84 Å². The number of methoxy groups -OCH3 is 1. The van der Waals surface area contributed by atoms with Gasteiger partial charge in [0.1, 0.15) is 5.75 Å². The molecule has 0 saturated carbocycles. The predicted octanol–water partition coefficient (Wildman–Crippen LogP) is 1.52. The number of hydrogen-bond acceptors (Lipinski definition) is 4. The van der Waals surface area contributed by atoms with Crippen LogP contribution in [0.3, 0.4) is 0 Å². The first kappa shape index (κ1) is 15.4. The second-order valence-electron chi connectivity index (χ2n) is 3.97. The van der Waals surface area contributed by atoms with E-state index in [4.69, 9.17) is 9.84 Å². The van der Waals surface area contributed by atoms with Crippen LogP contribution in [0.5, 0.6) is 5.75 Å². The lowest BCUT2D eigenvalue weighted by Gasteiger charge is -2.08. The summed E-state index contributed by atoms with van der Waals surface area (Å²) in [6, 6.07) is 6.08. The Labute approximate surface area is 117 Å². The van der Waals surface area contributed by atoms with E-state index < -0.39 is 0 Å². The summed E-state index contributed by atoms with van der Waals surface area (Å²) in [6.45, 7) is 3.61. The van der Waals surface area contributed by atoms with Gasteiger partial charge in [0.2, 0.25) is 0 Å². The number of ether oxygens (including phenoxy) is 1. The monoisotopic (exact) mass is 316 g/mol. The molecule has 0 unspecified atom stereocenters. The highest BCUT2D eigenvalue weighted by atomic mass is 79.9. The summed E-state index contributed by atoms with van der Waals surface area (Å²) in [5, 5.41) is 15.1. The molecular weight excluding hydrogens is 296 g/mol. The van der Waals surface area contributed by atoms with Crippen molar-refractivity contribution >= 4 is 15.9 Å². The molecule has 102 valence electrons. The normalized spacial score (nSPS) is 10.6. The van der Waals surface area contributed by atoms with Gasteiger partial charge in [0.25, 0.3) is 0 Å². The molecule has 0 saturated heterocycles. The van der Waals surface area contributed by atoms with Gasteiger partial charge in [-0.25, -0.2) is 0 Å². The van der Waals surface area contributed by atoms with E-state index in [0.29, 0.717) is 6.54 Å². The SMILES string of the molecule is COc1ccc(CNCCCNCCO)cc1Br. The van der Waals surface area contributed by atoms with Crippen LogP contribution in [-0.4, -0.2) is 38.5 Å². The summed E-state index contributed by atoms with van der Waals surface area (Å²) >= 11 is 3.47. The first-order chi connectivity index (χ1) is 8.77. The molecule has 0 aliphatic carbocycles. The van der Waals surface area contributed by atoms with Crippen LogP contribution in [0, 0.1) is 0 Å². The average Bonchev–Trinajstić information content (AvgIpc) is 2.38. The fourth-order valence-electron chi connectivity index (χ4n) is 1.60. The van der Waals surface area contributed by atoms with Crippen LogP contribution in [0.25, 0.3) is 0 Å². The fourth-order valence-corrected chi connectivity index (χ4v) is 2.18. The Morgan fingerprint density at radius 1 is 1.22 bits per heavy atom. The molecule has 1 aromatic carbocycles. The molecule has 1 rings (SSSR count). The molecule has 0 heterocycles. The number of hydrogen-bond donors (Lipinski definition) is 3. The summed E-state index contributed by atoms with van der Waals surface area (Å²) in [5.74, 6) is 0.854. The van der Waals surface area contributed by atoms with Gasteiger partial charge in [-0.05, 0) is 53.1 Å². The number of benzene rings is 1. The van der Waals surface area contributed by atoms with Crippen LogP contribution < -0.4 is 15.4 Å². The van der Waals surface area contributed by atoms with Crippen molar-refractivity contribution in [1.29, 1.82) is 0 Å². The predicted molar refractivity (Wildman–Crippen MR) is 77.0 cm³/mol. The number of aliphatic hydroxyl groups is 1. The Kier molecular flexibility index (Phi) is 8.00. The molecule has 0 atom stereocenters.